The molecule has 0 aromatic carbocycles. The van der Waals surface area contributed by atoms with Crippen molar-refractivity contribution in [3.05, 3.63) is 16.1 Å². The Labute approximate surface area is 86.6 Å². The van der Waals surface area contributed by atoms with Gasteiger partial charge in [0.05, 0.1) is 16.8 Å². The quantitative estimate of drug-likeness (QED) is 0.834. The van der Waals surface area contributed by atoms with Gasteiger partial charge >= 0.3 is 5.97 Å². The van der Waals surface area contributed by atoms with Gasteiger partial charge in [-0.3, -0.25) is 0 Å². The van der Waals surface area contributed by atoms with Gasteiger partial charge in [-0.25, -0.2) is 9.78 Å². The predicted octanol–water partition coefficient (Wildman–Crippen LogP) is 2.00. The summed E-state index contributed by atoms with van der Waals surface area (Å²) in [5.41, 5.74) is 0.480. The van der Waals surface area contributed by atoms with E-state index < -0.39 is 12.1 Å². The van der Waals surface area contributed by atoms with E-state index in [2.05, 4.69) is 4.98 Å². The van der Waals surface area contributed by atoms with Crippen LogP contribution < -0.4 is 0 Å². The molecule has 0 radical (unpaired) electrons. The van der Waals surface area contributed by atoms with Crippen molar-refractivity contribution in [2.75, 3.05) is 0 Å². The van der Waals surface area contributed by atoms with Crippen LogP contribution >= 0.6 is 11.3 Å². The van der Waals surface area contributed by atoms with Crippen molar-refractivity contribution in [3.8, 4) is 0 Å². The van der Waals surface area contributed by atoms with E-state index in [0.717, 1.165) is 5.01 Å². The Kier molecular flexibility index (Phi) is 3.60. The molecule has 1 heterocycles. The van der Waals surface area contributed by atoms with E-state index in [1.54, 1.807) is 19.2 Å². The summed E-state index contributed by atoms with van der Waals surface area (Å²) in [6, 6.07) is 0. The minimum atomic E-state index is -0.996. The molecule has 0 bridgehead atoms. The first-order chi connectivity index (χ1) is 6.50. The van der Waals surface area contributed by atoms with E-state index >= 15 is 0 Å². The van der Waals surface area contributed by atoms with Gasteiger partial charge in [0.2, 0.25) is 0 Å². The third kappa shape index (κ3) is 2.78. The number of carboxylic acid groups (broad SMARTS) is 1. The third-order valence-corrected chi connectivity index (χ3v) is 2.33. The first-order valence-corrected chi connectivity index (χ1v) is 5.19. The SMILES string of the molecule is Cc1nc(C(OC(C)C)C(=O)O)cs1. The summed E-state index contributed by atoms with van der Waals surface area (Å²) in [6.07, 6.45) is -1.07. The van der Waals surface area contributed by atoms with Crippen LogP contribution in [0.5, 0.6) is 0 Å². The molecule has 0 spiro atoms. The Bertz CT molecular complexity index is 322. The highest BCUT2D eigenvalue weighted by Gasteiger charge is 2.24. The molecule has 0 fully saturated rings. The van der Waals surface area contributed by atoms with Crippen molar-refractivity contribution in [1.29, 1.82) is 0 Å². The van der Waals surface area contributed by atoms with Gasteiger partial charge in [0.15, 0.2) is 6.10 Å². The zero-order valence-electron chi connectivity index (χ0n) is 8.35. The van der Waals surface area contributed by atoms with Crippen molar-refractivity contribution in [3.63, 3.8) is 0 Å². The second-order valence-corrected chi connectivity index (χ2v) is 4.26. The van der Waals surface area contributed by atoms with Gasteiger partial charge in [-0.15, -0.1) is 11.3 Å². The zero-order valence-corrected chi connectivity index (χ0v) is 9.17. The van der Waals surface area contributed by atoms with Crippen LogP contribution in [-0.4, -0.2) is 22.2 Å². The Morgan fingerprint density at radius 3 is 2.64 bits per heavy atom. The monoisotopic (exact) mass is 215 g/mol. The molecule has 1 atom stereocenters. The number of aryl methyl sites for hydroxylation is 1. The Morgan fingerprint density at radius 1 is 1.64 bits per heavy atom. The minimum Gasteiger partial charge on any atom is -0.479 e. The van der Waals surface area contributed by atoms with Gasteiger partial charge < -0.3 is 9.84 Å². The lowest BCUT2D eigenvalue weighted by Crippen LogP contribution is -2.19. The number of aromatic nitrogens is 1. The fraction of sp³-hybridized carbons (Fsp3) is 0.556. The highest BCUT2D eigenvalue weighted by Crippen LogP contribution is 2.21. The summed E-state index contributed by atoms with van der Waals surface area (Å²) in [6.45, 7) is 5.44. The summed E-state index contributed by atoms with van der Waals surface area (Å²) in [7, 11) is 0. The van der Waals surface area contributed by atoms with E-state index in [9.17, 15) is 4.79 Å². The highest BCUT2D eigenvalue weighted by atomic mass is 32.1. The molecule has 1 aromatic heterocycles. The van der Waals surface area contributed by atoms with E-state index in [1.807, 2.05) is 6.92 Å². The molecule has 0 amide bonds. The van der Waals surface area contributed by atoms with Crippen molar-refractivity contribution in [2.45, 2.75) is 33.0 Å². The number of carbonyl (C=O) groups is 1. The fourth-order valence-electron chi connectivity index (χ4n) is 1.03. The number of rotatable bonds is 4. The molecule has 0 saturated carbocycles. The van der Waals surface area contributed by atoms with Crippen LogP contribution in [0.4, 0.5) is 0 Å². The van der Waals surface area contributed by atoms with E-state index in [1.165, 1.54) is 11.3 Å². The lowest BCUT2D eigenvalue weighted by atomic mass is 10.3. The zero-order chi connectivity index (χ0) is 10.7. The second-order valence-electron chi connectivity index (χ2n) is 3.19. The number of ether oxygens (including phenoxy) is 1. The topological polar surface area (TPSA) is 59.4 Å². The number of carboxylic acids is 1. The Morgan fingerprint density at radius 2 is 2.29 bits per heavy atom. The van der Waals surface area contributed by atoms with Crippen LogP contribution in [0.3, 0.4) is 0 Å². The molecule has 4 nitrogen and oxygen atoms in total. The van der Waals surface area contributed by atoms with Gasteiger partial charge in [0, 0.05) is 5.38 Å². The van der Waals surface area contributed by atoms with E-state index in [-0.39, 0.29) is 6.10 Å². The maximum Gasteiger partial charge on any atom is 0.339 e. The van der Waals surface area contributed by atoms with Gasteiger partial charge in [-0.05, 0) is 20.8 Å². The number of hydrogen-bond donors (Lipinski definition) is 1. The molecule has 1 unspecified atom stereocenters. The van der Waals surface area contributed by atoms with Crippen LogP contribution in [0.15, 0.2) is 5.38 Å². The molecule has 0 aliphatic heterocycles. The van der Waals surface area contributed by atoms with Gasteiger partial charge in [0.25, 0.3) is 0 Å². The van der Waals surface area contributed by atoms with Gasteiger partial charge in [-0.1, -0.05) is 0 Å². The van der Waals surface area contributed by atoms with Crippen LogP contribution in [-0.2, 0) is 9.53 Å². The Hall–Kier alpha value is -0.940. The van der Waals surface area contributed by atoms with E-state index in [0.29, 0.717) is 5.69 Å². The summed E-state index contributed by atoms with van der Waals surface area (Å²) in [5.74, 6) is -0.996. The molecule has 0 aliphatic rings. The van der Waals surface area contributed by atoms with Crippen molar-refractivity contribution in [1.82, 2.24) is 4.98 Å². The molecule has 1 aromatic rings. The lowest BCUT2D eigenvalue weighted by molar-refractivity contribution is -0.154. The molecule has 78 valence electrons. The fourth-order valence-corrected chi connectivity index (χ4v) is 1.65. The van der Waals surface area contributed by atoms with Crippen molar-refractivity contribution < 1.29 is 14.6 Å². The summed E-state index contributed by atoms with van der Waals surface area (Å²) in [4.78, 5) is 15.0. The van der Waals surface area contributed by atoms with Gasteiger partial charge in [0.1, 0.15) is 0 Å². The standard InChI is InChI=1S/C9H13NO3S/c1-5(2)13-8(9(11)12)7-4-14-6(3)10-7/h4-5,8H,1-3H3,(H,11,12). The second kappa shape index (κ2) is 4.52. The van der Waals surface area contributed by atoms with Crippen molar-refractivity contribution in [2.24, 2.45) is 0 Å². The lowest BCUT2D eigenvalue weighted by Gasteiger charge is -2.14. The largest absolute Gasteiger partial charge is 0.479 e. The molecular formula is C9H13NO3S. The molecule has 5 heteroatoms. The molecular weight excluding hydrogens is 202 g/mol. The minimum absolute atomic E-state index is 0.127. The number of hydrogen-bond acceptors (Lipinski definition) is 4. The van der Waals surface area contributed by atoms with Crippen molar-refractivity contribution >= 4 is 17.3 Å². The molecule has 0 saturated heterocycles. The van der Waals surface area contributed by atoms with E-state index in [4.69, 9.17) is 9.84 Å². The van der Waals surface area contributed by atoms with Gasteiger partial charge in [-0.2, -0.15) is 0 Å². The maximum absolute atomic E-state index is 10.9. The third-order valence-electron chi connectivity index (χ3n) is 1.54. The average Bonchev–Trinajstić information content (AvgIpc) is 2.46. The predicted molar refractivity (Wildman–Crippen MR) is 53.4 cm³/mol. The molecule has 1 rings (SSSR count). The molecule has 0 aliphatic carbocycles. The number of thiazole rings is 1. The summed E-state index contributed by atoms with van der Waals surface area (Å²) in [5, 5.41) is 11.5. The number of nitrogens with zero attached hydrogens (tertiary/aromatic N) is 1. The average molecular weight is 215 g/mol. The van der Waals surface area contributed by atoms with Crippen LogP contribution in [0, 0.1) is 6.92 Å². The summed E-state index contributed by atoms with van der Waals surface area (Å²) >= 11 is 1.42. The first kappa shape index (κ1) is 11.1. The molecule has 14 heavy (non-hydrogen) atoms. The molecule has 1 N–H and O–H groups in total. The van der Waals surface area contributed by atoms with Crippen LogP contribution in [0.25, 0.3) is 0 Å². The first-order valence-electron chi connectivity index (χ1n) is 4.31. The summed E-state index contributed by atoms with van der Waals surface area (Å²) < 4.78 is 5.26. The van der Waals surface area contributed by atoms with Crippen LogP contribution in [0.2, 0.25) is 0 Å². The maximum atomic E-state index is 10.9. The highest BCUT2D eigenvalue weighted by molar-refractivity contribution is 7.09. The Balaban J connectivity index is 2.83. The van der Waals surface area contributed by atoms with Crippen LogP contribution in [0.1, 0.15) is 30.7 Å². The number of aliphatic carboxylic acids is 1. The smallest absolute Gasteiger partial charge is 0.339 e. The normalized spacial score (nSPS) is 13.1.